The number of nitrogens with zero attached hydrogens (tertiary/aromatic N) is 1. The van der Waals surface area contributed by atoms with E-state index in [2.05, 4.69) is 10.6 Å². The molecule has 2 N–H and O–H groups in total. The molecule has 1 saturated carbocycles. The minimum absolute atomic E-state index is 0.0624. The van der Waals surface area contributed by atoms with E-state index in [4.69, 9.17) is 0 Å². The Hall–Kier alpha value is -1.93. The van der Waals surface area contributed by atoms with Crippen LogP contribution in [0.5, 0.6) is 0 Å². The van der Waals surface area contributed by atoms with Crippen molar-refractivity contribution in [2.24, 2.45) is 0 Å². The molecule has 0 bridgehead atoms. The summed E-state index contributed by atoms with van der Waals surface area (Å²) in [7, 11) is -3.55. The predicted octanol–water partition coefficient (Wildman–Crippen LogP) is 1.65. The Morgan fingerprint density at radius 3 is 2.48 bits per heavy atom. The molecule has 2 amide bonds. The van der Waals surface area contributed by atoms with Crippen molar-refractivity contribution in [1.29, 1.82) is 0 Å². The van der Waals surface area contributed by atoms with Crippen LogP contribution in [-0.2, 0) is 14.8 Å². The van der Waals surface area contributed by atoms with Crippen LogP contribution in [-0.4, -0.2) is 50.2 Å². The van der Waals surface area contributed by atoms with E-state index in [0.29, 0.717) is 13.1 Å². The van der Waals surface area contributed by atoms with Gasteiger partial charge in [0.25, 0.3) is 5.91 Å². The molecule has 0 radical (unpaired) electrons. The lowest BCUT2D eigenvalue weighted by atomic mass is 10.2. The standard InChI is InChI=1S/C19H27N3O4S/c23-18(21-16-7-1-2-8-16)10-11-20-19(24)15-6-5-9-17(14-15)27(25,26)22-12-3-4-13-22/h5-6,9,14,16H,1-4,7-8,10-13H2,(H,20,24)(H,21,23). The van der Waals surface area contributed by atoms with E-state index in [9.17, 15) is 18.0 Å². The van der Waals surface area contributed by atoms with Gasteiger partial charge in [-0.2, -0.15) is 4.31 Å². The van der Waals surface area contributed by atoms with Crippen molar-refractivity contribution < 1.29 is 18.0 Å². The lowest BCUT2D eigenvalue weighted by Gasteiger charge is -2.16. The number of hydrogen-bond acceptors (Lipinski definition) is 4. The molecule has 8 heteroatoms. The summed E-state index contributed by atoms with van der Waals surface area (Å²) < 4.78 is 26.7. The van der Waals surface area contributed by atoms with E-state index >= 15 is 0 Å². The van der Waals surface area contributed by atoms with E-state index < -0.39 is 10.0 Å². The van der Waals surface area contributed by atoms with Gasteiger partial charge in [0.2, 0.25) is 15.9 Å². The fraction of sp³-hybridized carbons (Fsp3) is 0.579. The maximum Gasteiger partial charge on any atom is 0.251 e. The molecule has 27 heavy (non-hydrogen) atoms. The molecule has 0 aromatic heterocycles. The van der Waals surface area contributed by atoms with E-state index in [1.54, 1.807) is 12.1 Å². The van der Waals surface area contributed by atoms with Gasteiger partial charge in [0, 0.05) is 37.7 Å². The lowest BCUT2D eigenvalue weighted by molar-refractivity contribution is -0.121. The van der Waals surface area contributed by atoms with E-state index in [1.165, 1.54) is 16.4 Å². The Morgan fingerprint density at radius 2 is 1.78 bits per heavy atom. The molecule has 0 atom stereocenters. The number of benzene rings is 1. The van der Waals surface area contributed by atoms with Crippen LogP contribution in [0.2, 0.25) is 0 Å². The van der Waals surface area contributed by atoms with Gasteiger partial charge in [-0.15, -0.1) is 0 Å². The van der Waals surface area contributed by atoms with Gasteiger partial charge in [-0.25, -0.2) is 8.42 Å². The number of hydrogen-bond donors (Lipinski definition) is 2. The Labute approximate surface area is 160 Å². The number of sulfonamides is 1. The molecule has 0 unspecified atom stereocenters. The van der Waals surface area contributed by atoms with Gasteiger partial charge >= 0.3 is 0 Å². The predicted molar refractivity (Wildman–Crippen MR) is 102 cm³/mol. The molecule has 3 rings (SSSR count). The Morgan fingerprint density at radius 1 is 1.07 bits per heavy atom. The lowest BCUT2D eigenvalue weighted by Crippen LogP contribution is -2.35. The van der Waals surface area contributed by atoms with Gasteiger partial charge in [0.15, 0.2) is 0 Å². The second-order valence-corrected chi connectivity index (χ2v) is 9.13. The first-order chi connectivity index (χ1) is 13.0. The number of carbonyl (C=O) groups excluding carboxylic acids is 2. The Bertz CT molecular complexity index is 782. The topological polar surface area (TPSA) is 95.6 Å². The summed E-state index contributed by atoms with van der Waals surface area (Å²) in [5.74, 6) is -0.435. The van der Waals surface area contributed by atoms with Crippen LogP contribution in [0.15, 0.2) is 29.2 Å². The summed E-state index contributed by atoms with van der Waals surface area (Å²) >= 11 is 0. The van der Waals surface area contributed by atoms with Gasteiger partial charge < -0.3 is 10.6 Å². The van der Waals surface area contributed by atoms with Crippen molar-refractivity contribution in [3.05, 3.63) is 29.8 Å². The molecule has 148 valence electrons. The summed E-state index contributed by atoms with van der Waals surface area (Å²) in [6.07, 6.45) is 6.29. The first-order valence-corrected chi connectivity index (χ1v) is 11.1. The summed E-state index contributed by atoms with van der Waals surface area (Å²) in [5, 5.41) is 5.67. The monoisotopic (exact) mass is 393 g/mol. The van der Waals surface area contributed by atoms with Crippen molar-refractivity contribution in [3.63, 3.8) is 0 Å². The van der Waals surface area contributed by atoms with Crippen LogP contribution in [0.3, 0.4) is 0 Å². The summed E-state index contributed by atoms with van der Waals surface area (Å²) in [6, 6.07) is 6.34. The van der Waals surface area contributed by atoms with Crippen LogP contribution in [0.4, 0.5) is 0 Å². The third-order valence-corrected chi connectivity index (χ3v) is 7.05. The Balaban J connectivity index is 1.53. The molecule has 1 aliphatic carbocycles. The van der Waals surface area contributed by atoms with E-state index in [0.717, 1.165) is 38.5 Å². The summed E-state index contributed by atoms with van der Waals surface area (Å²) in [5.41, 5.74) is 0.284. The number of rotatable bonds is 7. The average molecular weight is 394 g/mol. The van der Waals surface area contributed by atoms with Crippen LogP contribution < -0.4 is 10.6 Å². The molecule has 1 aromatic carbocycles. The van der Waals surface area contributed by atoms with Crippen molar-refractivity contribution in [1.82, 2.24) is 14.9 Å². The molecular weight excluding hydrogens is 366 g/mol. The zero-order valence-corrected chi connectivity index (χ0v) is 16.3. The number of carbonyl (C=O) groups is 2. The van der Waals surface area contributed by atoms with Gasteiger partial charge in [-0.1, -0.05) is 18.9 Å². The first-order valence-electron chi connectivity index (χ1n) is 9.64. The highest BCUT2D eigenvalue weighted by atomic mass is 32.2. The number of amides is 2. The zero-order valence-electron chi connectivity index (χ0n) is 15.4. The maximum absolute atomic E-state index is 12.6. The second kappa shape index (κ2) is 8.84. The second-order valence-electron chi connectivity index (χ2n) is 7.19. The fourth-order valence-electron chi connectivity index (χ4n) is 3.64. The van der Waals surface area contributed by atoms with Crippen molar-refractivity contribution >= 4 is 21.8 Å². The molecule has 2 aliphatic rings. The largest absolute Gasteiger partial charge is 0.353 e. The van der Waals surface area contributed by atoms with E-state index in [-0.39, 0.29) is 41.3 Å². The molecule has 1 heterocycles. The van der Waals surface area contributed by atoms with Crippen LogP contribution in [0, 0.1) is 0 Å². The molecule has 1 saturated heterocycles. The van der Waals surface area contributed by atoms with Crippen LogP contribution in [0.1, 0.15) is 55.3 Å². The average Bonchev–Trinajstić information content (AvgIpc) is 3.36. The molecule has 1 aliphatic heterocycles. The normalized spacial score (nSPS) is 18.5. The van der Waals surface area contributed by atoms with Crippen LogP contribution in [0.25, 0.3) is 0 Å². The third kappa shape index (κ3) is 5.07. The highest BCUT2D eigenvalue weighted by Crippen LogP contribution is 2.21. The highest BCUT2D eigenvalue weighted by Gasteiger charge is 2.27. The quantitative estimate of drug-likeness (QED) is 0.736. The van der Waals surface area contributed by atoms with E-state index in [1.807, 2.05) is 0 Å². The van der Waals surface area contributed by atoms with Crippen LogP contribution >= 0.6 is 0 Å². The van der Waals surface area contributed by atoms with Crippen molar-refractivity contribution in [2.45, 2.75) is 55.9 Å². The van der Waals surface area contributed by atoms with Crippen molar-refractivity contribution in [3.8, 4) is 0 Å². The molecule has 2 fully saturated rings. The molecule has 1 aromatic rings. The summed E-state index contributed by atoms with van der Waals surface area (Å²) in [6.45, 7) is 1.27. The first kappa shape index (κ1) is 19.8. The van der Waals surface area contributed by atoms with Gasteiger partial charge in [0.1, 0.15) is 0 Å². The minimum atomic E-state index is -3.55. The third-order valence-electron chi connectivity index (χ3n) is 5.16. The molecule has 7 nitrogen and oxygen atoms in total. The maximum atomic E-state index is 12.6. The SMILES string of the molecule is O=C(CCNC(=O)c1cccc(S(=O)(=O)N2CCCC2)c1)NC1CCCC1. The minimum Gasteiger partial charge on any atom is -0.353 e. The Kier molecular flexibility index (Phi) is 6.49. The van der Waals surface area contributed by atoms with Gasteiger partial charge in [0.05, 0.1) is 4.90 Å². The summed E-state index contributed by atoms with van der Waals surface area (Å²) in [4.78, 5) is 24.4. The highest BCUT2D eigenvalue weighted by molar-refractivity contribution is 7.89. The van der Waals surface area contributed by atoms with Gasteiger partial charge in [-0.3, -0.25) is 9.59 Å². The molecule has 0 spiro atoms. The van der Waals surface area contributed by atoms with Gasteiger partial charge in [-0.05, 0) is 43.9 Å². The smallest absolute Gasteiger partial charge is 0.251 e. The number of nitrogens with one attached hydrogen (secondary N) is 2. The zero-order chi connectivity index (χ0) is 19.3. The molecular formula is C19H27N3O4S. The fourth-order valence-corrected chi connectivity index (χ4v) is 5.20. The van der Waals surface area contributed by atoms with Crippen molar-refractivity contribution in [2.75, 3.05) is 19.6 Å².